The lowest BCUT2D eigenvalue weighted by Crippen LogP contribution is -2.31. The molecule has 1 heterocycles. The van der Waals surface area contributed by atoms with Crippen molar-refractivity contribution in [2.45, 2.75) is 20.3 Å². The molecule has 0 atom stereocenters. The van der Waals surface area contributed by atoms with Crippen LogP contribution in [0.2, 0.25) is 0 Å². The highest BCUT2D eigenvalue weighted by atomic mass is 32.1. The van der Waals surface area contributed by atoms with Crippen LogP contribution in [0.3, 0.4) is 0 Å². The number of rotatable bonds is 5. The molecule has 0 saturated carbocycles. The Labute approximate surface area is 98.3 Å². The van der Waals surface area contributed by atoms with Gasteiger partial charge in [-0.2, -0.15) is 0 Å². The van der Waals surface area contributed by atoms with Crippen LogP contribution < -0.4 is 5.32 Å². The second kappa shape index (κ2) is 5.12. The summed E-state index contributed by atoms with van der Waals surface area (Å²) in [6, 6.07) is 3.54. The van der Waals surface area contributed by atoms with Crippen LogP contribution in [-0.2, 0) is 4.79 Å². The molecule has 1 aromatic heterocycles. The second-order valence-corrected chi connectivity index (χ2v) is 5.12. The first-order valence-electron chi connectivity index (χ1n) is 4.98. The molecular weight excluding hydrogens is 226 g/mol. The van der Waals surface area contributed by atoms with E-state index in [0.29, 0.717) is 17.8 Å². The monoisotopic (exact) mass is 241 g/mol. The van der Waals surface area contributed by atoms with E-state index in [-0.39, 0.29) is 5.91 Å². The minimum absolute atomic E-state index is 0.142. The van der Waals surface area contributed by atoms with Crippen molar-refractivity contribution in [2.75, 3.05) is 6.54 Å². The molecule has 5 heteroatoms. The number of thiophene rings is 1. The zero-order valence-corrected chi connectivity index (χ0v) is 10.1. The smallest absolute Gasteiger partial charge is 0.309 e. The largest absolute Gasteiger partial charge is 0.481 e. The summed E-state index contributed by atoms with van der Waals surface area (Å²) < 4.78 is 0. The first-order valence-corrected chi connectivity index (χ1v) is 5.86. The minimum Gasteiger partial charge on any atom is -0.481 e. The van der Waals surface area contributed by atoms with Crippen LogP contribution in [0.25, 0.3) is 0 Å². The van der Waals surface area contributed by atoms with Crippen molar-refractivity contribution < 1.29 is 14.7 Å². The van der Waals surface area contributed by atoms with Crippen molar-refractivity contribution in [1.29, 1.82) is 0 Å². The number of hydrogen-bond acceptors (Lipinski definition) is 3. The predicted octanol–water partition coefficient (Wildman–Crippen LogP) is 1.98. The van der Waals surface area contributed by atoms with Gasteiger partial charge in [0.25, 0.3) is 5.91 Å². The van der Waals surface area contributed by atoms with Crippen LogP contribution in [0.1, 0.15) is 29.9 Å². The number of amides is 1. The summed E-state index contributed by atoms with van der Waals surface area (Å²) in [6.07, 6.45) is 0.416. The van der Waals surface area contributed by atoms with Crippen LogP contribution in [0.15, 0.2) is 17.5 Å². The van der Waals surface area contributed by atoms with E-state index in [2.05, 4.69) is 5.32 Å². The molecule has 0 radical (unpaired) electrons. The van der Waals surface area contributed by atoms with Gasteiger partial charge in [0.2, 0.25) is 0 Å². The summed E-state index contributed by atoms with van der Waals surface area (Å²) in [7, 11) is 0. The van der Waals surface area contributed by atoms with Gasteiger partial charge in [0.15, 0.2) is 0 Å². The van der Waals surface area contributed by atoms with Crippen molar-refractivity contribution in [2.24, 2.45) is 5.41 Å². The normalized spacial score (nSPS) is 11.1. The summed E-state index contributed by atoms with van der Waals surface area (Å²) in [5.74, 6) is -0.992. The molecule has 0 unspecified atom stereocenters. The van der Waals surface area contributed by atoms with E-state index < -0.39 is 11.4 Å². The van der Waals surface area contributed by atoms with Gasteiger partial charge in [0, 0.05) is 6.54 Å². The highest BCUT2D eigenvalue weighted by Crippen LogP contribution is 2.19. The van der Waals surface area contributed by atoms with Gasteiger partial charge in [-0.1, -0.05) is 6.07 Å². The highest BCUT2D eigenvalue weighted by molar-refractivity contribution is 7.12. The number of hydrogen-bond donors (Lipinski definition) is 2. The molecule has 1 aromatic rings. The summed E-state index contributed by atoms with van der Waals surface area (Å²) >= 11 is 1.37. The number of aliphatic carboxylic acids is 1. The Morgan fingerprint density at radius 2 is 2.19 bits per heavy atom. The first kappa shape index (κ1) is 12.7. The summed E-state index contributed by atoms with van der Waals surface area (Å²) in [5.41, 5.74) is -0.803. The zero-order valence-electron chi connectivity index (χ0n) is 9.32. The van der Waals surface area contributed by atoms with Gasteiger partial charge in [-0.15, -0.1) is 11.3 Å². The Kier molecular flexibility index (Phi) is 4.06. The Bertz CT molecular complexity index is 371. The van der Waals surface area contributed by atoms with Crippen LogP contribution in [0, 0.1) is 5.41 Å². The SMILES string of the molecule is CC(C)(CCNC(=O)c1cccs1)C(=O)O. The maximum absolute atomic E-state index is 11.5. The fraction of sp³-hybridized carbons (Fsp3) is 0.455. The van der Waals surface area contributed by atoms with Gasteiger partial charge in [-0.3, -0.25) is 9.59 Å². The Balaban J connectivity index is 2.37. The molecule has 2 N–H and O–H groups in total. The van der Waals surface area contributed by atoms with Gasteiger partial charge in [0.1, 0.15) is 0 Å². The van der Waals surface area contributed by atoms with E-state index in [1.54, 1.807) is 26.0 Å². The topological polar surface area (TPSA) is 66.4 Å². The number of carboxylic acid groups (broad SMARTS) is 1. The summed E-state index contributed by atoms with van der Waals surface area (Å²) in [6.45, 7) is 3.66. The van der Waals surface area contributed by atoms with Crippen LogP contribution in [0.5, 0.6) is 0 Å². The van der Waals surface area contributed by atoms with E-state index in [1.165, 1.54) is 11.3 Å². The van der Waals surface area contributed by atoms with Crippen molar-refractivity contribution in [1.82, 2.24) is 5.32 Å². The number of carbonyl (C=O) groups excluding carboxylic acids is 1. The maximum Gasteiger partial charge on any atom is 0.309 e. The third kappa shape index (κ3) is 3.34. The van der Waals surface area contributed by atoms with E-state index in [0.717, 1.165) is 0 Å². The quantitative estimate of drug-likeness (QED) is 0.828. The first-order chi connectivity index (χ1) is 7.43. The standard InChI is InChI=1S/C11H15NO3S/c1-11(2,10(14)15)5-6-12-9(13)8-4-3-7-16-8/h3-4,7H,5-6H2,1-2H3,(H,12,13)(H,14,15). The van der Waals surface area contributed by atoms with Crippen molar-refractivity contribution in [3.8, 4) is 0 Å². The highest BCUT2D eigenvalue weighted by Gasteiger charge is 2.26. The van der Waals surface area contributed by atoms with Gasteiger partial charge in [0.05, 0.1) is 10.3 Å². The van der Waals surface area contributed by atoms with Crippen molar-refractivity contribution in [3.05, 3.63) is 22.4 Å². The van der Waals surface area contributed by atoms with E-state index in [4.69, 9.17) is 5.11 Å². The van der Waals surface area contributed by atoms with Crippen molar-refractivity contribution in [3.63, 3.8) is 0 Å². The fourth-order valence-corrected chi connectivity index (χ4v) is 1.73. The lowest BCUT2D eigenvalue weighted by Gasteiger charge is -2.18. The molecule has 1 amide bonds. The third-order valence-corrected chi connectivity index (χ3v) is 3.23. The zero-order chi connectivity index (χ0) is 12.2. The van der Waals surface area contributed by atoms with Gasteiger partial charge >= 0.3 is 5.97 Å². The summed E-state index contributed by atoms with van der Waals surface area (Å²) in [4.78, 5) is 23.0. The van der Waals surface area contributed by atoms with Gasteiger partial charge in [-0.25, -0.2) is 0 Å². The van der Waals surface area contributed by atoms with Crippen molar-refractivity contribution >= 4 is 23.2 Å². The van der Waals surface area contributed by atoms with Crippen LogP contribution >= 0.6 is 11.3 Å². The predicted molar refractivity (Wildman–Crippen MR) is 62.7 cm³/mol. The van der Waals surface area contributed by atoms with Gasteiger partial charge < -0.3 is 10.4 Å². The molecular formula is C11H15NO3S. The molecule has 0 spiro atoms. The molecule has 0 aliphatic rings. The molecule has 0 fully saturated rings. The molecule has 0 saturated heterocycles. The molecule has 0 aliphatic heterocycles. The Morgan fingerprint density at radius 3 is 2.69 bits per heavy atom. The molecule has 0 bridgehead atoms. The molecule has 4 nitrogen and oxygen atoms in total. The molecule has 0 aliphatic carbocycles. The van der Waals surface area contributed by atoms with Gasteiger partial charge in [-0.05, 0) is 31.7 Å². The maximum atomic E-state index is 11.5. The Morgan fingerprint density at radius 1 is 1.50 bits per heavy atom. The number of carboxylic acids is 1. The number of nitrogens with one attached hydrogen (secondary N) is 1. The minimum atomic E-state index is -0.849. The molecule has 1 rings (SSSR count). The fourth-order valence-electron chi connectivity index (χ4n) is 1.09. The third-order valence-electron chi connectivity index (χ3n) is 2.36. The average Bonchev–Trinajstić information content (AvgIpc) is 2.69. The molecule has 0 aromatic carbocycles. The molecule has 16 heavy (non-hydrogen) atoms. The second-order valence-electron chi connectivity index (χ2n) is 4.17. The lowest BCUT2D eigenvalue weighted by atomic mass is 9.90. The average molecular weight is 241 g/mol. The van der Waals surface area contributed by atoms with E-state index >= 15 is 0 Å². The lowest BCUT2D eigenvalue weighted by molar-refractivity contribution is -0.147. The molecule has 88 valence electrons. The van der Waals surface area contributed by atoms with Crippen LogP contribution in [-0.4, -0.2) is 23.5 Å². The van der Waals surface area contributed by atoms with E-state index in [9.17, 15) is 9.59 Å². The number of carbonyl (C=O) groups is 2. The van der Waals surface area contributed by atoms with Crippen LogP contribution in [0.4, 0.5) is 0 Å². The summed E-state index contributed by atoms with van der Waals surface area (Å²) in [5, 5.41) is 13.4. The van der Waals surface area contributed by atoms with E-state index in [1.807, 2.05) is 5.38 Å². The Hall–Kier alpha value is -1.36.